The van der Waals surface area contributed by atoms with Gasteiger partial charge in [0.1, 0.15) is 0 Å². The van der Waals surface area contributed by atoms with E-state index in [-0.39, 0.29) is 5.91 Å². The first-order valence-corrected chi connectivity index (χ1v) is 9.43. The van der Waals surface area contributed by atoms with Gasteiger partial charge in [-0.15, -0.1) is 0 Å². The first-order chi connectivity index (χ1) is 12.5. The number of nitrogens with one attached hydrogen (secondary N) is 1. The van der Waals surface area contributed by atoms with E-state index < -0.39 is 0 Å². The fraction of sp³-hybridized carbons (Fsp3) is 0.350. The molecule has 140 valence electrons. The molecule has 2 aromatic carbocycles. The molecule has 0 saturated heterocycles. The molecule has 1 N–H and O–H groups in total. The van der Waals surface area contributed by atoms with Crippen LogP contribution in [-0.4, -0.2) is 37.6 Å². The van der Waals surface area contributed by atoms with Gasteiger partial charge in [0.25, 0.3) is 0 Å². The quantitative estimate of drug-likeness (QED) is 0.656. The number of halogens is 1. The molecule has 0 bridgehead atoms. The highest BCUT2D eigenvalue weighted by atomic mass is 79.9. The van der Waals surface area contributed by atoms with Crippen LogP contribution in [0.1, 0.15) is 19.4 Å². The molecule has 2 rings (SSSR count). The van der Waals surface area contributed by atoms with Gasteiger partial charge >= 0.3 is 0 Å². The second-order valence-electron chi connectivity index (χ2n) is 5.87. The van der Waals surface area contributed by atoms with Crippen LogP contribution in [0.3, 0.4) is 0 Å². The van der Waals surface area contributed by atoms with E-state index >= 15 is 0 Å². The van der Waals surface area contributed by atoms with E-state index in [0.717, 1.165) is 10.0 Å². The van der Waals surface area contributed by atoms with Crippen molar-refractivity contribution in [1.29, 1.82) is 0 Å². The number of carbonyl (C=O) groups excluding carboxylic acids is 1. The molecule has 0 aliphatic rings. The van der Waals surface area contributed by atoms with Gasteiger partial charge in [-0.2, -0.15) is 0 Å². The highest BCUT2D eigenvalue weighted by Crippen LogP contribution is 2.30. The summed E-state index contributed by atoms with van der Waals surface area (Å²) in [5.74, 6) is 1.24. The summed E-state index contributed by atoms with van der Waals surface area (Å²) in [6.07, 6.45) is 0. The van der Waals surface area contributed by atoms with Crippen molar-refractivity contribution in [2.24, 2.45) is 0 Å². The van der Waals surface area contributed by atoms with E-state index in [0.29, 0.717) is 43.5 Å². The molecule has 0 heterocycles. The Kier molecular flexibility index (Phi) is 7.94. The second-order valence-corrected chi connectivity index (χ2v) is 6.79. The van der Waals surface area contributed by atoms with E-state index in [1.807, 2.05) is 62.2 Å². The summed E-state index contributed by atoms with van der Waals surface area (Å²) in [4.78, 5) is 14.3. The molecule has 2 aromatic rings. The highest BCUT2D eigenvalue weighted by molar-refractivity contribution is 9.10. The zero-order chi connectivity index (χ0) is 18.9. The Morgan fingerprint density at radius 3 is 2.35 bits per heavy atom. The lowest BCUT2D eigenvalue weighted by atomic mass is 10.2. The number of ether oxygens (including phenoxy) is 2. The van der Waals surface area contributed by atoms with Crippen molar-refractivity contribution < 1.29 is 14.3 Å². The van der Waals surface area contributed by atoms with Gasteiger partial charge in [0.2, 0.25) is 5.91 Å². The Morgan fingerprint density at radius 2 is 1.69 bits per heavy atom. The van der Waals surface area contributed by atoms with Crippen LogP contribution >= 0.6 is 15.9 Å². The fourth-order valence-corrected chi connectivity index (χ4v) is 2.80. The molecule has 0 aliphatic heterocycles. The van der Waals surface area contributed by atoms with Crippen molar-refractivity contribution >= 4 is 27.5 Å². The lowest BCUT2D eigenvalue weighted by Crippen LogP contribution is -2.29. The molecule has 1 amide bonds. The number of benzene rings is 2. The summed E-state index contributed by atoms with van der Waals surface area (Å²) >= 11 is 3.42. The number of carbonyl (C=O) groups is 1. The second kappa shape index (κ2) is 10.2. The Morgan fingerprint density at radius 1 is 1.04 bits per heavy atom. The molecule has 0 spiro atoms. The van der Waals surface area contributed by atoms with E-state index in [1.165, 1.54) is 0 Å². The minimum atomic E-state index is -0.0729. The van der Waals surface area contributed by atoms with Crippen molar-refractivity contribution in [1.82, 2.24) is 4.90 Å². The average molecular weight is 421 g/mol. The smallest absolute Gasteiger partial charge is 0.238 e. The van der Waals surface area contributed by atoms with Gasteiger partial charge in [-0.25, -0.2) is 0 Å². The molecule has 0 unspecified atom stereocenters. The minimum absolute atomic E-state index is 0.0729. The normalized spacial score (nSPS) is 10.7. The zero-order valence-electron chi connectivity index (χ0n) is 15.4. The Labute approximate surface area is 163 Å². The molecule has 0 radical (unpaired) electrons. The highest BCUT2D eigenvalue weighted by Gasteiger charge is 2.11. The fourth-order valence-electron chi connectivity index (χ4n) is 2.53. The standard InChI is InChI=1S/C20H25BrN2O3/c1-4-25-18-11-10-17(12-19(18)26-5-2)22-20(24)14-23(3)13-15-6-8-16(21)9-7-15/h6-12H,4-5,13-14H2,1-3H3,(H,22,24). The summed E-state index contributed by atoms with van der Waals surface area (Å²) in [7, 11) is 1.92. The zero-order valence-corrected chi connectivity index (χ0v) is 17.0. The monoisotopic (exact) mass is 420 g/mol. The number of rotatable bonds is 9. The summed E-state index contributed by atoms with van der Waals surface area (Å²) in [5, 5.41) is 2.91. The van der Waals surface area contributed by atoms with Gasteiger partial charge in [-0.05, 0) is 50.7 Å². The number of likely N-dealkylation sites (N-methyl/N-ethyl adjacent to an activating group) is 1. The predicted octanol–water partition coefficient (Wildman–Crippen LogP) is 4.32. The lowest BCUT2D eigenvalue weighted by Gasteiger charge is -2.17. The van der Waals surface area contributed by atoms with Crippen LogP contribution in [0.15, 0.2) is 46.9 Å². The van der Waals surface area contributed by atoms with Crippen LogP contribution in [0, 0.1) is 0 Å². The summed E-state index contributed by atoms with van der Waals surface area (Å²) in [5.41, 5.74) is 1.85. The molecule has 0 fully saturated rings. The number of hydrogen-bond acceptors (Lipinski definition) is 4. The van der Waals surface area contributed by atoms with Crippen LogP contribution < -0.4 is 14.8 Å². The molecular weight excluding hydrogens is 396 g/mol. The molecule has 0 saturated carbocycles. The Hall–Kier alpha value is -2.05. The van der Waals surface area contributed by atoms with Crippen molar-refractivity contribution in [3.63, 3.8) is 0 Å². The van der Waals surface area contributed by atoms with Crippen LogP contribution in [0.25, 0.3) is 0 Å². The maximum atomic E-state index is 12.3. The van der Waals surface area contributed by atoms with E-state index in [9.17, 15) is 4.79 Å². The number of nitrogens with zero attached hydrogens (tertiary/aromatic N) is 1. The lowest BCUT2D eigenvalue weighted by molar-refractivity contribution is -0.117. The first kappa shape index (κ1) is 20.3. The van der Waals surface area contributed by atoms with Gasteiger partial charge in [0.15, 0.2) is 11.5 Å². The molecule has 5 nitrogen and oxygen atoms in total. The largest absolute Gasteiger partial charge is 0.490 e. The third-order valence-electron chi connectivity index (χ3n) is 3.61. The molecule has 0 atom stereocenters. The van der Waals surface area contributed by atoms with E-state index in [4.69, 9.17) is 9.47 Å². The van der Waals surface area contributed by atoms with Crippen molar-refractivity contribution in [3.05, 3.63) is 52.5 Å². The summed E-state index contributed by atoms with van der Waals surface area (Å²) in [6, 6.07) is 13.5. The third-order valence-corrected chi connectivity index (χ3v) is 4.14. The maximum Gasteiger partial charge on any atom is 0.238 e. The van der Waals surface area contributed by atoms with Crippen LogP contribution in [0.5, 0.6) is 11.5 Å². The van der Waals surface area contributed by atoms with Crippen LogP contribution in [-0.2, 0) is 11.3 Å². The number of hydrogen-bond donors (Lipinski definition) is 1. The molecule has 0 aromatic heterocycles. The predicted molar refractivity (Wildman–Crippen MR) is 108 cm³/mol. The molecule has 6 heteroatoms. The first-order valence-electron chi connectivity index (χ1n) is 8.64. The van der Waals surface area contributed by atoms with Gasteiger partial charge in [0.05, 0.1) is 19.8 Å². The SMILES string of the molecule is CCOc1ccc(NC(=O)CN(C)Cc2ccc(Br)cc2)cc1OCC. The van der Waals surface area contributed by atoms with Gasteiger partial charge < -0.3 is 14.8 Å². The topological polar surface area (TPSA) is 50.8 Å². The van der Waals surface area contributed by atoms with E-state index in [2.05, 4.69) is 21.2 Å². The van der Waals surface area contributed by atoms with Gasteiger partial charge in [0, 0.05) is 22.8 Å². The number of anilines is 1. The van der Waals surface area contributed by atoms with Crippen LogP contribution in [0.2, 0.25) is 0 Å². The van der Waals surface area contributed by atoms with Crippen LogP contribution in [0.4, 0.5) is 5.69 Å². The van der Waals surface area contributed by atoms with E-state index in [1.54, 1.807) is 6.07 Å². The van der Waals surface area contributed by atoms with Gasteiger partial charge in [-0.1, -0.05) is 28.1 Å². The minimum Gasteiger partial charge on any atom is -0.490 e. The van der Waals surface area contributed by atoms with Crippen molar-refractivity contribution in [3.8, 4) is 11.5 Å². The third kappa shape index (κ3) is 6.35. The Bertz CT molecular complexity index is 719. The average Bonchev–Trinajstić information content (AvgIpc) is 2.59. The summed E-state index contributed by atoms with van der Waals surface area (Å²) in [6.45, 7) is 5.94. The number of amides is 1. The Balaban J connectivity index is 1.93. The molecule has 26 heavy (non-hydrogen) atoms. The van der Waals surface area contributed by atoms with Crippen molar-refractivity contribution in [2.45, 2.75) is 20.4 Å². The van der Waals surface area contributed by atoms with Crippen molar-refractivity contribution in [2.75, 3.05) is 32.1 Å². The maximum absolute atomic E-state index is 12.3. The van der Waals surface area contributed by atoms with Gasteiger partial charge in [-0.3, -0.25) is 9.69 Å². The molecular formula is C20H25BrN2O3. The molecule has 0 aliphatic carbocycles. The summed E-state index contributed by atoms with van der Waals surface area (Å²) < 4.78 is 12.2.